The lowest BCUT2D eigenvalue weighted by atomic mass is 9.92. The number of amides is 8. The Labute approximate surface area is 396 Å². The van der Waals surface area contributed by atoms with Gasteiger partial charge in [0.1, 0.15) is 12.6 Å². The summed E-state index contributed by atoms with van der Waals surface area (Å²) in [5.74, 6) is -6.75. The number of anilines is 1. The third kappa shape index (κ3) is 23.6. The minimum absolute atomic E-state index is 0.00224. The Morgan fingerprint density at radius 2 is 1.47 bits per heavy atom. The first-order chi connectivity index (χ1) is 32.5. The number of carbonyl (C=O) groups is 10. The summed E-state index contributed by atoms with van der Waals surface area (Å²) in [7, 11) is 1.56. The molecule has 0 aliphatic carbocycles. The number of nitrogens with one attached hydrogen (secondary N) is 6. The predicted molar refractivity (Wildman–Crippen MR) is 247 cm³/mol. The lowest BCUT2D eigenvalue weighted by Crippen LogP contribution is -2.48. The minimum Gasteiger partial charge on any atom is -0.445 e. The van der Waals surface area contributed by atoms with Crippen LogP contribution < -0.4 is 37.6 Å². The highest BCUT2D eigenvalue weighted by Crippen LogP contribution is 2.19. The summed E-state index contributed by atoms with van der Waals surface area (Å²) in [6, 6.07) is 4.40. The van der Waals surface area contributed by atoms with Gasteiger partial charge in [-0.15, -0.1) is 0 Å². The van der Waals surface area contributed by atoms with Crippen LogP contribution in [0.4, 0.5) is 10.5 Å². The molecule has 2 rings (SSSR count). The molecule has 22 heteroatoms. The van der Waals surface area contributed by atoms with Gasteiger partial charge in [0, 0.05) is 83.3 Å². The number of nitrogens with two attached hydrogens (primary N) is 1. The van der Waals surface area contributed by atoms with Gasteiger partial charge in [-0.1, -0.05) is 32.4 Å². The van der Waals surface area contributed by atoms with Gasteiger partial charge in [-0.2, -0.15) is 0 Å². The lowest BCUT2D eigenvalue weighted by molar-refractivity contribution is -0.137. The van der Waals surface area contributed by atoms with Crippen molar-refractivity contribution >= 4 is 64.7 Å². The monoisotopic (exact) mass is 959 g/mol. The van der Waals surface area contributed by atoms with Crippen LogP contribution in [0.1, 0.15) is 84.1 Å². The van der Waals surface area contributed by atoms with Gasteiger partial charge in [0.15, 0.2) is 11.6 Å². The van der Waals surface area contributed by atoms with Gasteiger partial charge in [-0.3, -0.25) is 48.1 Å². The second kappa shape index (κ2) is 32.6. The predicted octanol–water partition coefficient (Wildman–Crippen LogP) is 0.150. The molecular weight excluding hydrogens is 889 g/mol. The average Bonchev–Trinajstić information content (AvgIpc) is 3.62. The first-order valence-corrected chi connectivity index (χ1v) is 22.9. The summed E-state index contributed by atoms with van der Waals surface area (Å²) in [4.78, 5) is 127. The number of methoxy groups -OCH3 is 1. The number of Topliss-reactive ketones (excluding diaryl/α,β-unsaturated/α-hetero) is 2. The van der Waals surface area contributed by atoms with E-state index in [9.17, 15) is 53.1 Å². The number of hydrogen-bond donors (Lipinski definition) is 8. The van der Waals surface area contributed by atoms with Gasteiger partial charge in [0.05, 0.1) is 38.3 Å². The van der Waals surface area contributed by atoms with E-state index >= 15 is 0 Å². The van der Waals surface area contributed by atoms with Gasteiger partial charge in [-0.25, -0.2) is 4.79 Å². The molecule has 9 N–H and O–H groups in total. The third-order valence-electron chi connectivity index (χ3n) is 10.4. The first kappa shape index (κ1) is 58.0. The van der Waals surface area contributed by atoms with Crippen LogP contribution in [0.3, 0.4) is 0 Å². The SMILES string of the molecule is COCCOCCCNC(=O)[C@H](CCC(=O)N[C@@H](CC(C)C)C(=O)C[C@@H](CO)C(=O)NCC(=O)C[C@@H](CCCCN)C(=O)Nc1ccc(COC(=O)NCCN2C(=O)C=CC2=O)cc1)NC(C)=O. The van der Waals surface area contributed by atoms with E-state index in [1.54, 1.807) is 31.4 Å². The van der Waals surface area contributed by atoms with Crippen LogP contribution in [0, 0.1) is 17.8 Å². The van der Waals surface area contributed by atoms with Gasteiger partial charge in [0.2, 0.25) is 29.5 Å². The van der Waals surface area contributed by atoms with Crippen molar-refractivity contribution in [1.29, 1.82) is 0 Å². The molecule has 0 fully saturated rings. The normalized spacial score (nSPS) is 13.8. The zero-order chi connectivity index (χ0) is 50.4. The van der Waals surface area contributed by atoms with Crippen LogP contribution in [0.5, 0.6) is 0 Å². The van der Waals surface area contributed by atoms with Crippen molar-refractivity contribution in [3.63, 3.8) is 0 Å². The molecule has 0 saturated carbocycles. The summed E-state index contributed by atoms with van der Waals surface area (Å²) < 4.78 is 15.5. The largest absolute Gasteiger partial charge is 0.445 e. The Bertz CT molecular complexity index is 1860. The summed E-state index contributed by atoms with van der Waals surface area (Å²) in [6.07, 6.45) is 2.80. The van der Waals surface area contributed by atoms with E-state index in [1.165, 1.54) is 6.92 Å². The number of imide groups is 1. The van der Waals surface area contributed by atoms with Crippen LogP contribution in [0.2, 0.25) is 0 Å². The maximum Gasteiger partial charge on any atom is 0.407 e. The molecule has 0 unspecified atom stereocenters. The summed E-state index contributed by atoms with van der Waals surface area (Å²) >= 11 is 0. The van der Waals surface area contributed by atoms with Gasteiger partial charge >= 0.3 is 6.09 Å². The zero-order valence-corrected chi connectivity index (χ0v) is 39.6. The van der Waals surface area contributed by atoms with E-state index in [1.807, 2.05) is 13.8 Å². The molecule has 4 atom stereocenters. The van der Waals surface area contributed by atoms with Gasteiger partial charge in [-0.05, 0) is 62.3 Å². The zero-order valence-electron chi connectivity index (χ0n) is 39.6. The Hall–Kier alpha value is -6.10. The molecule has 0 aromatic heterocycles. The highest BCUT2D eigenvalue weighted by Gasteiger charge is 2.30. The molecule has 1 heterocycles. The lowest BCUT2D eigenvalue weighted by Gasteiger charge is -2.23. The van der Waals surface area contributed by atoms with Crippen molar-refractivity contribution in [2.75, 3.05) is 71.6 Å². The number of carbonyl (C=O) groups excluding carboxylic acids is 10. The fourth-order valence-electron chi connectivity index (χ4n) is 6.76. The summed E-state index contributed by atoms with van der Waals surface area (Å²) in [6.45, 7) is 5.50. The van der Waals surface area contributed by atoms with E-state index in [0.717, 1.165) is 17.1 Å². The van der Waals surface area contributed by atoms with Crippen LogP contribution in [0.15, 0.2) is 36.4 Å². The standard InChI is InChI=1S/C46H70N8O14/c1-30(2)24-38(53-40(59)14-13-37(51-31(3)56)45(64)48-18-7-21-67-23-22-66-4)39(58)26-34(28-55)43(62)50-27-36(57)25-33(8-5-6-17-47)44(63)52-35-11-9-32(10-12-35)29-68-46(65)49-19-20-54-41(60)15-16-42(54)61/h9-12,15-16,30,33-34,37-38,55H,5-8,13-14,17-29,47H2,1-4H3,(H,48,64)(H,49,65)(H,50,62)(H,51,56)(H,52,63)(H,53,59)/t33-,34+,37+,38+/m1/s1. The highest BCUT2D eigenvalue weighted by atomic mass is 16.5. The third-order valence-corrected chi connectivity index (χ3v) is 10.4. The molecule has 1 aliphatic heterocycles. The molecule has 22 nitrogen and oxygen atoms in total. The highest BCUT2D eigenvalue weighted by molar-refractivity contribution is 6.12. The van der Waals surface area contributed by atoms with Crippen molar-refractivity contribution in [3.05, 3.63) is 42.0 Å². The van der Waals surface area contributed by atoms with E-state index < -0.39 is 103 Å². The van der Waals surface area contributed by atoms with Gasteiger partial charge < -0.3 is 57.0 Å². The molecule has 0 radical (unpaired) electrons. The number of benzene rings is 1. The number of aliphatic hydroxyl groups excluding tert-OH is 1. The molecule has 0 saturated heterocycles. The molecule has 68 heavy (non-hydrogen) atoms. The molecule has 0 bridgehead atoms. The van der Waals surface area contributed by atoms with Crippen molar-refractivity contribution in [1.82, 2.24) is 31.5 Å². The number of aliphatic hydroxyl groups is 1. The Balaban J connectivity index is 1.90. The number of rotatable bonds is 35. The number of unbranched alkanes of at least 4 members (excludes halogenated alkanes) is 1. The van der Waals surface area contributed by atoms with E-state index in [4.69, 9.17) is 19.9 Å². The van der Waals surface area contributed by atoms with E-state index in [0.29, 0.717) is 63.3 Å². The number of nitrogens with zero attached hydrogens (tertiary/aromatic N) is 1. The van der Waals surface area contributed by atoms with Crippen LogP contribution in [0.25, 0.3) is 0 Å². The second-order valence-electron chi connectivity index (χ2n) is 16.6. The second-order valence-corrected chi connectivity index (χ2v) is 16.6. The molecule has 8 amide bonds. The topological polar surface area (TPSA) is 320 Å². The summed E-state index contributed by atoms with van der Waals surface area (Å²) in [5.41, 5.74) is 6.67. The van der Waals surface area contributed by atoms with Crippen molar-refractivity contribution < 1.29 is 67.3 Å². The molecule has 378 valence electrons. The van der Waals surface area contributed by atoms with Crippen LogP contribution in [-0.4, -0.2) is 147 Å². The van der Waals surface area contributed by atoms with Crippen molar-refractivity contribution in [3.8, 4) is 0 Å². The van der Waals surface area contributed by atoms with Crippen LogP contribution in [-0.2, 0) is 64.0 Å². The molecule has 1 aliphatic rings. The van der Waals surface area contributed by atoms with Gasteiger partial charge in [0.25, 0.3) is 11.8 Å². The van der Waals surface area contributed by atoms with Crippen molar-refractivity contribution in [2.45, 2.75) is 97.2 Å². The molecule has 1 aromatic carbocycles. The fourth-order valence-corrected chi connectivity index (χ4v) is 6.76. The minimum atomic E-state index is -1.25. The number of ketones is 2. The first-order valence-electron chi connectivity index (χ1n) is 22.9. The summed E-state index contributed by atoms with van der Waals surface area (Å²) in [5, 5.41) is 25.7. The maximum absolute atomic E-state index is 13.5. The molecule has 0 spiro atoms. The van der Waals surface area contributed by atoms with E-state index in [-0.39, 0.29) is 57.8 Å². The molecule has 1 aromatic rings. The van der Waals surface area contributed by atoms with Crippen molar-refractivity contribution in [2.24, 2.45) is 23.5 Å². The average molecular weight is 959 g/mol. The number of hydrogen-bond acceptors (Lipinski definition) is 15. The molecular formula is C46H70N8O14. The quantitative estimate of drug-likeness (QED) is 0.0332. The maximum atomic E-state index is 13.5. The van der Waals surface area contributed by atoms with Crippen LogP contribution >= 0.6 is 0 Å². The fraction of sp³-hybridized carbons (Fsp3) is 0.609. The Morgan fingerprint density at radius 1 is 0.765 bits per heavy atom. The van der Waals surface area contributed by atoms with E-state index in [2.05, 4.69) is 31.9 Å². The number of ether oxygens (including phenoxy) is 3. The smallest absolute Gasteiger partial charge is 0.407 e. The Morgan fingerprint density at radius 3 is 2.10 bits per heavy atom. The Kier molecular flexibility index (Phi) is 27.8. The number of alkyl carbamates (subject to hydrolysis) is 1.